The fraction of sp³-hybridized carbons (Fsp3) is 0.421. The van der Waals surface area contributed by atoms with Crippen molar-refractivity contribution in [2.45, 2.75) is 18.9 Å². The van der Waals surface area contributed by atoms with Gasteiger partial charge in [-0.3, -0.25) is 4.79 Å². The average molecular weight is 346 g/mol. The molecular formula is C19H24ClN3O. The molecule has 2 aromatic rings. The highest BCUT2D eigenvalue weighted by molar-refractivity contribution is 6.30. The number of rotatable bonds is 5. The van der Waals surface area contributed by atoms with Gasteiger partial charge >= 0.3 is 0 Å². The molecular weight excluding hydrogens is 322 g/mol. The van der Waals surface area contributed by atoms with Crippen LogP contribution in [0.5, 0.6) is 0 Å². The SMILES string of the molecule is CN1CCN(C(=O)C[C@@H](Cn2cccc2)c2ccc(Cl)cc2)CC1. The molecule has 0 bridgehead atoms. The van der Waals surface area contributed by atoms with Crippen LogP contribution in [0.4, 0.5) is 0 Å². The van der Waals surface area contributed by atoms with Gasteiger partial charge in [0.15, 0.2) is 0 Å². The lowest BCUT2D eigenvalue weighted by Gasteiger charge is -2.33. The molecule has 0 radical (unpaired) electrons. The van der Waals surface area contributed by atoms with Crippen LogP contribution in [-0.4, -0.2) is 53.5 Å². The molecule has 0 aliphatic carbocycles. The van der Waals surface area contributed by atoms with E-state index in [1.807, 2.05) is 53.7 Å². The molecule has 1 saturated heterocycles. The number of benzene rings is 1. The normalized spacial score (nSPS) is 17.0. The van der Waals surface area contributed by atoms with Crippen molar-refractivity contribution >= 4 is 17.5 Å². The molecule has 1 aliphatic rings. The second-order valence-electron chi connectivity index (χ2n) is 6.52. The molecule has 0 saturated carbocycles. The van der Waals surface area contributed by atoms with Crippen LogP contribution >= 0.6 is 11.6 Å². The number of likely N-dealkylation sites (N-methyl/N-ethyl adjacent to an activating group) is 1. The molecule has 0 spiro atoms. The Kier molecular flexibility index (Phi) is 5.59. The van der Waals surface area contributed by atoms with Gasteiger partial charge in [-0.25, -0.2) is 0 Å². The molecule has 1 aliphatic heterocycles. The van der Waals surface area contributed by atoms with Crippen molar-refractivity contribution in [1.82, 2.24) is 14.4 Å². The summed E-state index contributed by atoms with van der Waals surface area (Å²) in [6.45, 7) is 4.36. The Morgan fingerprint density at radius 1 is 1.08 bits per heavy atom. The molecule has 1 aromatic carbocycles. The van der Waals surface area contributed by atoms with E-state index in [1.165, 1.54) is 0 Å². The number of amides is 1. The lowest BCUT2D eigenvalue weighted by molar-refractivity contribution is -0.133. The van der Waals surface area contributed by atoms with E-state index in [2.05, 4.69) is 16.5 Å². The summed E-state index contributed by atoms with van der Waals surface area (Å²) in [5, 5.41) is 0.726. The Morgan fingerprint density at radius 2 is 1.71 bits per heavy atom. The molecule has 3 rings (SSSR count). The third-order valence-corrected chi connectivity index (χ3v) is 4.97. The van der Waals surface area contributed by atoms with Gasteiger partial charge in [0.1, 0.15) is 0 Å². The van der Waals surface area contributed by atoms with E-state index in [0.29, 0.717) is 6.42 Å². The Hall–Kier alpha value is -1.78. The van der Waals surface area contributed by atoms with E-state index in [9.17, 15) is 4.79 Å². The van der Waals surface area contributed by atoms with Crippen LogP contribution in [0.2, 0.25) is 5.02 Å². The van der Waals surface area contributed by atoms with E-state index >= 15 is 0 Å². The molecule has 0 unspecified atom stereocenters. The van der Waals surface area contributed by atoms with Crippen molar-refractivity contribution in [2.75, 3.05) is 33.2 Å². The van der Waals surface area contributed by atoms with Gasteiger partial charge in [0.05, 0.1) is 0 Å². The van der Waals surface area contributed by atoms with E-state index in [-0.39, 0.29) is 11.8 Å². The van der Waals surface area contributed by atoms with Gasteiger partial charge in [0, 0.05) is 62.5 Å². The maximum atomic E-state index is 12.8. The summed E-state index contributed by atoms with van der Waals surface area (Å²) in [5.74, 6) is 0.400. The average Bonchev–Trinajstić information content (AvgIpc) is 3.08. The summed E-state index contributed by atoms with van der Waals surface area (Å²) in [7, 11) is 2.10. The predicted molar refractivity (Wildman–Crippen MR) is 97.3 cm³/mol. The summed E-state index contributed by atoms with van der Waals surface area (Å²) < 4.78 is 2.14. The first-order valence-corrected chi connectivity index (χ1v) is 8.82. The predicted octanol–water partition coefficient (Wildman–Crippen LogP) is 3.09. The maximum absolute atomic E-state index is 12.8. The Bertz CT molecular complexity index is 646. The van der Waals surface area contributed by atoms with Crippen LogP contribution in [0.1, 0.15) is 17.9 Å². The first-order valence-electron chi connectivity index (χ1n) is 8.44. The van der Waals surface area contributed by atoms with Crippen molar-refractivity contribution in [2.24, 2.45) is 0 Å². The van der Waals surface area contributed by atoms with E-state index in [1.54, 1.807) is 0 Å². The Morgan fingerprint density at radius 3 is 2.33 bits per heavy atom. The summed E-state index contributed by atoms with van der Waals surface area (Å²) in [6.07, 6.45) is 4.62. The molecule has 4 nitrogen and oxygen atoms in total. The monoisotopic (exact) mass is 345 g/mol. The number of piperazine rings is 1. The number of carbonyl (C=O) groups is 1. The quantitative estimate of drug-likeness (QED) is 0.833. The third kappa shape index (κ3) is 4.40. The van der Waals surface area contributed by atoms with E-state index < -0.39 is 0 Å². The minimum Gasteiger partial charge on any atom is -0.354 e. The molecule has 0 N–H and O–H groups in total. The zero-order chi connectivity index (χ0) is 16.9. The van der Waals surface area contributed by atoms with Gasteiger partial charge < -0.3 is 14.4 Å². The highest BCUT2D eigenvalue weighted by atomic mass is 35.5. The van der Waals surface area contributed by atoms with Gasteiger partial charge in [0.2, 0.25) is 5.91 Å². The number of nitrogens with zero attached hydrogens (tertiary/aromatic N) is 3. The number of aromatic nitrogens is 1. The largest absolute Gasteiger partial charge is 0.354 e. The van der Waals surface area contributed by atoms with Crippen molar-refractivity contribution in [1.29, 1.82) is 0 Å². The van der Waals surface area contributed by atoms with Crippen LogP contribution in [0.15, 0.2) is 48.8 Å². The number of carbonyl (C=O) groups excluding carboxylic acids is 1. The van der Waals surface area contributed by atoms with Gasteiger partial charge in [-0.15, -0.1) is 0 Å². The minimum atomic E-state index is 0.154. The zero-order valence-corrected chi connectivity index (χ0v) is 14.8. The molecule has 1 atom stereocenters. The van der Waals surface area contributed by atoms with E-state index in [4.69, 9.17) is 11.6 Å². The fourth-order valence-electron chi connectivity index (χ4n) is 3.16. The highest BCUT2D eigenvalue weighted by Crippen LogP contribution is 2.25. The van der Waals surface area contributed by atoms with E-state index in [0.717, 1.165) is 43.3 Å². The van der Waals surface area contributed by atoms with Crippen LogP contribution in [-0.2, 0) is 11.3 Å². The molecule has 2 heterocycles. The van der Waals surface area contributed by atoms with Gasteiger partial charge in [0.25, 0.3) is 0 Å². The second-order valence-corrected chi connectivity index (χ2v) is 6.95. The first-order chi connectivity index (χ1) is 11.6. The topological polar surface area (TPSA) is 28.5 Å². The summed E-state index contributed by atoms with van der Waals surface area (Å²) in [5.41, 5.74) is 1.16. The van der Waals surface area contributed by atoms with Gasteiger partial charge in [-0.05, 0) is 36.9 Å². The molecule has 128 valence electrons. The smallest absolute Gasteiger partial charge is 0.223 e. The summed E-state index contributed by atoms with van der Waals surface area (Å²) in [6, 6.07) is 11.9. The van der Waals surface area contributed by atoms with Crippen LogP contribution in [0.3, 0.4) is 0 Å². The minimum absolute atomic E-state index is 0.154. The third-order valence-electron chi connectivity index (χ3n) is 4.72. The van der Waals surface area contributed by atoms with Crippen LogP contribution in [0.25, 0.3) is 0 Å². The Labute approximate surface area is 148 Å². The Balaban J connectivity index is 1.71. The van der Waals surface area contributed by atoms with Gasteiger partial charge in [-0.2, -0.15) is 0 Å². The highest BCUT2D eigenvalue weighted by Gasteiger charge is 2.23. The maximum Gasteiger partial charge on any atom is 0.223 e. The molecule has 24 heavy (non-hydrogen) atoms. The second kappa shape index (κ2) is 7.86. The number of hydrogen-bond acceptors (Lipinski definition) is 2. The number of halogens is 1. The lowest BCUT2D eigenvalue weighted by atomic mass is 9.94. The summed E-state index contributed by atoms with van der Waals surface area (Å²) in [4.78, 5) is 17.0. The van der Waals surface area contributed by atoms with Crippen molar-refractivity contribution in [3.63, 3.8) is 0 Å². The van der Waals surface area contributed by atoms with Gasteiger partial charge in [-0.1, -0.05) is 23.7 Å². The first kappa shape index (κ1) is 17.1. The molecule has 1 aromatic heterocycles. The zero-order valence-electron chi connectivity index (χ0n) is 14.1. The van der Waals surface area contributed by atoms with Crippen LogP contribution in [0, 0.1) is 0 Å². The fourth-order valence-corrected chi connectivity index (χ4v) is 3.29. The lowest BCUT2D eigenvalue weighted by Crippen LogP contribution is -2.47. The molecule has 1 amide bonds. The van der Waals surface area contributed by atoms with Crippen molar-refractivity contribution in [3.05, 3.63) is 59.4 Å². The van der Waals surface area contributed by atoms with Crippen LogP contribution < -0.4 is 0 Å². The standard InChI is InChI=1S/C19H24ClN3O/c1-21-10-12-23(13-11-21)19(24)14-17(15-22-8-2-3-9-22)16-4-6-18(20)7-5-16/h2-9,17H,10-15H2,1H3/t17-/m0/s1. The molecule has 1 fully saturated rings. The van der Waals surface area contributed by atoms with Crippen molar-refractivity contribution < 1.29 is 4.79 Å². The molecule has 5 heteroatoms. The summed E-state index contributed by atoms with van der Waals surface area (Å²) >= 11 is 6.02. The van der Waals surface area contributed by atoms with Crippen molar-refractivity contribution in [3.8, 4) is 0 Å². The number of hydrogen-bond donors (Lipinski definition) is 0.